The molecule has 1 saturated heterocycles. The summed E-state index contributed by atoms with van der Waals surface area (Å²) < 4.78 is 5.46. The molecule has 2 aromatic carbocycles. The molecule has 0 radical (unpaired) electrons. The van der Waals surface area contributed by atoms with Gasteiger partial charge in [-0.1, -0.05) is 42.5 Å². The minimum Gasteiger partial charge on any atom is -0.379 e. The van der Waals surface area contributed by atoms with Crippen molar-refractivity contribution in [3.05, 3.63) is 66.0 Å². The van der Waals surface area contributed by atoms with E-state index < -0.39 is 0 Å². The zero-order chi connectivity index (χ0) is 20.8. The number of nitrogens with zero attached hydrogens (tertiary/aromatic N) is 3. The van der Waals surface area contributed by atoms with Crippen LogP contribution in [-0.4, -0.2) is 64.6 Å². The molecule has 0 spiro atoms. The third-order valence-corrected chi connectivity index (χ3v) is 5.69. The molecule has 0 saturated carbocycles. The average Bonchev–Trinajstić information content (AvgIpc) is 3.20. The Hall–Kier alpha value is -2.70. The van der Waals surface area contributed by atoms with Crippen molar-refractivity contribution >= 4 is 16.9 Å². The van der Waals surface area contributed by atoms with E-state index >= 15 is 0 Å². The Morgan fingerprint density at radius 3 is 2.63 bits per heavy atom. The van der Waals surface area contributed by atoms with Gasteiger partial charge in [-0.25, -0.2) is 4.98 Å². The van der Waals surface area contributed by atoms with Crippen molar-refractivity contribution in [2.24, 2.45) is 0 Å². The number of aromatic amines is 1. The van der Waals surface area contributed by atoms with Gasteiger partial charge in [0.05, 0.1) is 24.2 Å². The van der Waals surface area contributed by atoms with Crippen LogP contribution in [0.25, 0.3) is 11.0 Å². The van der Waals surface area contributed by atoms with Crippen molar-refractivity contribution in [1.82, 2.24) is 19.8 Å². The topological polar surface area (TPSA) is 61.5 Å². The Balaban J connectivity index is 1.43. The molecule has 30 heavy (non-hydrogen) atoms. The van der Waals surface area contributed by atoms with E-state index in [9.17, 15) is 4.79 Å². The fraction of sp³-hybridized carbons (Fsp3) is 0.417. The summed E-state index contributed by atoms with van der Waals surface area (Å²) in [6, 6.07) is 18.3. The van der Waals surface area contributed by atoms with Crippen LogP contribution in [0.3, 0.4) is 0 Å². The number of aromatic nitrogens is 2. The highest BCUT2D eigenvalue weighted by Gasteiger charge is 2.23. The Labute approximate surface area is 177 Å². The van der Waals surface area contributed by atoms with Gasteiger partial charge in [0.15, 0.2) is 0 Å². The molecular formula is C24H30N4O2. The highest BCUT2D eigenvalue weighted by atomic mass is 16.5. The van der Waals surface area contributed by atoms with E-state index in [-0.39, 0.29) is 11.9 Å². The van der Waals surface area contributed by atoms with Gasteiger partial charge in [0.2, 0.25) is 5.91 Å². The zero-order valence-electron chi connectivity index (χ0n) is 17.6. The molecule has 1 N–H and O–H groups in total. The summed E-state index contributed by atoms with van der Waals surface area (Å²) >= 11 is 0. The second kappa shape index (κ2) is 9.87. The van der Waals surface area contributed by atoms with Crippen LogP contribution in [0.2, 0.25) is 0 Å². The van der Waals surface area contributed by atoms with E-state index in [4.69, 9.17) is 4.74 Å². The summed E-state index contributed by atoms with van der Waals surface area (Å²) in [5.41, 5.74) is 3.12. The number of imidazole rings is 1. The summed E-state index contributed by atoms with van der Waals surface area (Å²) in [6.07, 6.45) is 1.06. The molecule has 3 aromatic rings. The summed E-state index contributed by atoms with van der Waals surface area (Å²) in [5, 5.41) is 0. The molecule has 1 amide bonds. The largest absolute Gasteiger partial charge is 0.379 e. The monoisotopic (exact) mass is 406 g/mol. The van der Waals surface area contributed by atoms with Gasteiger partial charge in [0.1, 0.15) is 5.82 Å². The van der Waals surface area contributed by atoms with Crippen LogP contribution in [0.1, 0.15) is 24.7 Å². The van der Waals surface area contributed by atoms with Crippen LogP contribution in [0.5, 0.6) is 0 Å². The van der Waals surface area contributed by atoms with Gasteiger partial charge >= 0.3 is 0 Å². The minimum atomic E-state index is 0.131. The van der Waals surface area contributed by atoms with Crippen molar-refractivity contribution < 1.29 is 9.53 Å². The molecule has 1 atom stereocenters. The molecule has 1 aliphatic rings. The maximum absolute atomic E-state index is 13.3. The zero-order valence-corrected chi connectivity index (χ0v) is 17.6. The van der Waals surface area contributed by atoms with E-state index in [1.54, 1.807) is 0 Å². The van der Waals surface area contributed by atoms with Gasteiger partial charge in [-0.2, -0.15) is 0 Å². The predicted octanol–water partition coefficient (Wildman–Crippen LogP) is 3.25. The number of carbonyl (C=O) groups is 1. The number of carbonyl (C=O) groups excluding carboxylic acids is 1. The molecule has 0 aliphatic carbocycles. The number of fused-ring (bicyclic) bond motifs is 1. The Bertz CT molecular complexity index is 917. The van der Waals surface area contributed by atoms with Gasteiger partial charge in [0.25, 0.3) is 0 Å². The first-order chi connectivity index (χ1) is 14.7. The van der Waals surface area contributed by atoms with Gasteiger partial charge in [-0.3, -0.25) is 9.69 Å². The van der Waals surface area contributed by atoms with E-state index in [0.717, 1.165) is 55.3 Å². The Morgan fingerprint density at radius 2 is 1.87 bits per heavy atom. The first-order valence-corrected chi connectivity index (χ1v) is 10.8. The Morgan fingerprint density at radius 1 is 1.13 bits per heavy atom. The van der Waals surface area contributed by atoms with E-state index in [1.807, 2.05) is 47.4 Å². The van der Waals surface area contributed by atoms with E-state index in [2.05, 4.69) is 33.9 Å². The number of amides is 1. The van der Waals surface area contributed by atoms with Crippen LogP contribution in [0, 0.1) is 0 Å². The summed E-state index contributed by atoms with van der Waals surface area (Å²) in [6.45, 7) is 7.04. The summed E-state index contributed by atoms with van der Waals surface area (Å²) in [5.74, 6) is 1.03. The lowest BCUT2D eigenvalue weighted by Crippen LogP contribution is -2.48. The van der Waals surface area contributed by atoms with E-state index in [0.29, 0.717) is 19.4 Å². The molecule has 6 heteroatoms. The fourth-order valence-electron chi connectivity index (χ4n) is 4.02. The van der Waals surface area contributed by atoms with Crippen molar-refractivity contribution in [3.8, 4) is 0 Å². The molecule has 1 fully saturated rings. The number of hydrogen-bond donors (Lipinski definition) is 1. The lowest BCUT2D eigenvalue weighted by Gasteiger charge is -2.35. The molecular weight excluding hydrogens is 376 g/mol. The lowest BCUT2D eigenvalue weighted by molar-refractivity contribution is -0.134. The first kappa shape index (κ1) is 20.6. The number of hydrogen-bond acceptors (Lipinski definition) is 4. The number of nitrogens with one attached hydrogen (secondary N) is 1. The lowest BCUT2D eigenvalue weighted by atomic mass is 10.1. The van der Waals surface area contributed by atoms with Gasteiger partial charge in [0, 0.05) is 45.1 Å². The Kier molecular flexibility index (Phi) is 6.77. The van der Waals surface area contributed by atoms with Crippen molar-refractivity contribution in [2.45, 2.75) is 32.4 Å². The predicted molar refractivity (Wildman–Crippen MR) is 118 cm³/mol. The first-order valence-electron chi connectivity index (χ1n) is 10.8. The van der Waals surface area contributed by atoms with Crippen LogP contribution in [0.15, 0.2) is 54.6 Å². The highest BCUT2D eigenvalue weighted by Crippen LogP contribution is 2.15. The molecule has 158 valence electrons. The normalized spacial score (nSPS) is 15.9. The number of para-hydroxylation sites is 2. The SMILES string of the molecule is CC(CN1CCOCC1)N(Cc1ccccc1)C(=O)CCc1nc2ccccc2[nH]1. The molecule has 0 bridgehead atoms. The molecule has 2 heterocycles. The minimum absolute atomic E-state index is 0.131. The van der Waals surface area contributed by atoms with Gasteiger partial charge in [-0.05, 0) is 24.6 Å². The molecule has 4 rings (SSSR count). The molecule has 1 aliphatic heterocycles. The van der Waals surface area contributed by atoms with E-state index in [1.165, 1.54) is 0 Å². The van der Waals surface area contributed by atoms with Crippen molar-refractivity contribution in [1.29, 1.82) is 0 Å². The van der Waals surface area contributed by atoms with Gasteiger partial charge in [-0.15, -0.1) is 0 Å². The third-order valence-electron chi connectivity index (χ3n) is 5.69. The van der Waals surface area contributed by atoms with Crippen molar-refractivity contribution in [2.75, 3.05) is 32.8 Å². The van der Waals surface area contributed by atoms with Crippen molar-refractivity contribution in [3.63, 3.8) is 0 Å². The molecule has 1 aromatic heterocycles. The van der Waals surface area contributed by atoms with Crippen LogP contribution < -0.4 is 0 Å². The number of aryl methyl sites for hydroxylation is 1. The maximum atomic E-state index is 13.3. The van der Waals surface area contributed by atoms with Crippen LogP contribution in [0.4, 0.5) is 0 Å². The smallest absolute Gasteiger partial charge is 0.223 e. The fourth-order valence-corrected chi connectivity index (χ4v) is 4.02. The summed E-state index contributed by atoms with van der Waals surface area (Å²) in [7, 11) is 0. The number of benzene rings is 2. The third kappa shape index (κ3) is 5.26. The number of rotatable bonds is 8. The highest BCUT2D eigenvalue weighted by molar-refractivity contribution is 5.77. The van der Waals surface area contributed by atoms with Crippen LogP contribution in [-0.2, 0) is 22.5 Å². The summed E-state index contributed by atoms with van der Waals surface area (Å²) in [4.78, 5) is 25.6. The number of H-pyrrole nitrogens is 1. The molecule has 1 unspecified atom stereocenters. The van der Waals surface area contributed by atoms with Crippen LogP contribution >= 0.6 is 0 Å². The molecule has 6 nitrogen and oxygen atoms in total. The number of ether oxygens (including phenoxy) is 1. The van der Waals surface area contributed by atoms with Gasteiger partial charge < -0.3 is 14.6 Å². The average molecular weight is 407 g/mol. The number of morpholine rings is 1. The quantitative estimate of drug-likeness (QED) is 0.624. The second-order valence-electron chi connectivity index (χ2n) is 7.97. The second-order valence-corrected chi connectivity index (χ2v) is 7.97. The standard InChI is InChI=1S/C24H30N4O2/c1-19(17-27-13-15-30-16-14-27)28(18-20-7-3-2-4-8-20)24(29)12-11-23-25-21-9-5-6-10-22(21)26-23/h2-10,19H,11-18H2,1H3,(H,25,26). The maximum Gasteiger partial charge on any atom is 0.223 e.